The van der Waals surface area contributed by atoms with Crippen LogP contribution in [0.4, 0.5) is 0 Å². The summed E-state index contributed by atoms with van der Waals surface area (Å²) in [5.74, 6) is 0.901. The van der Waals surface area contributed by atoms with Crippen molar-refractivity contribution in [1.82, 2.24) is 0 Å². The third kappa shape index (κ3) is 20.9. The third-order valence-corrected chi connectivity index (χ3v) is 3.89. The summed E-state index contributed by atoms with van der Waals surface area (Å²) in [5, 5.41) is 0. The minimum atomic E-state index is 0. The molecule has 0 aromatic carbocycles. The first kappa shape index (κ1) is 21.8. The molecule has 118 valence electrons. The van der Waals surface area contributed by atoms with Gasteiger partial charge in [0.2, 0.25) is 0 Å². The highest BCUT2D eigenvalue weighted by molar-refractivity contribution is 8.93. The largest absolute Gasteiger partial charge is 0.114 e. The highest BCUT2D eigenvalue weighted by Gasteiger charge is 1.95. The van der Waals surface area contributed by atoms with Gasteiger partial charge in [-0.1, -0.05) is 111 Å². The summed E-state index contributed by atoms with van der Waals surface area (Å²) in [5.41, 5.74) is 0. The quantitative estimate of drug-likeness (QED) is 0.285. The summed E-state index contributed by atoms with van der Waals surface area (Å²) in [6.07, 6.45) is 20.5. The molecule has 0 aliphatic rings. The standard InChI is InChI=1S/C18H38.BrH/c1-4-5-6-7-8-9-10-11-12-13-14-15-16-17-18(2)3;/h18H,4-17H2,1-3H3;1H. The predicted molar refractivity (Wildman–Crippen MR) is 95.5 cm³/mol. The minimum absolute atomic E-state index is 0. The first-order valence-corrected chi connectivity index (χ1v) is 8.77. The molecule has 0 radical (unpaired) electrons. The minimum Gasteiger partial charge on any atom is -0.114 e. The molecule has 19 heavy (non-hydrogen) atoms. The lowest BCUT2D eigenvalue weighted by molar-refractivity contribution is 0.503. The van der Waals surface area contributed by atoms with E-state index in [1.807, 2.05) is 0 Å². The molecule has 0 heterocycles. The Bertz CT molecular complexity index is 143. The Kier molecular flexibility index (Phi) is 21.2. The lowest BCUT2D eigenvalue weighted by Gasteiger charge is -2.04. The Morgan fingerprint density at radius 3 is 1.16 bits per heavy atom. The number of unbranched alkanes of at least 4 members (excludes halogenated alkanes) is 12. The predicted octanol–water partition coefficient (Wildman–Crippen LogP) is 7.70. The molecule has 0 N–H and O–H groups in total. The van der Waals surface area contributed by atoms with Crippen molar-refractivity contribution >= 4 is 17.0 Å². The van der Waals surface area contributed by atoms with Crippen molar-refractivity contribution in [3.05, 3.63) is 0 Å². The fourth-order valence-corrected chi connectivity index (χ4v) is 2.57. The summed E-state index contributed by atoms with van der Waals surface area (Å²) in [6.45, 7) is 6.96. The van der Waals surface area contributed by atoms with E-state index in [2.05, 4.69) is 20.8 Å². The molecule has 0 aromatic heterocycles. The van der Waals surface area contributed by atoms with Gasteiger partial charge in [0, 0.05) is 0 Å². The Hall–Kier alpha value is 0.480. The second-order valence-electron chi connectivity index (χ2n) is 6.43. The maximum Gasteiger partial charge on any atom is -0.0471 e. The van der Waals surface area contributed by atoms with Crippen LogP contribution < -0.4 is 0 Å². The van der Waals surface area contributed by atoms with Crippen molar-refractivity contribution in [2.45, 2.75) is 111 Å². The van der Waals surface area contributed by atoms with Crippen molar-refractivity contribution in [3.8, 4) is 0 Å². The summed E-state index contributed by atoms with van der Waals surface area (Å²) < 4.78 is 0. The third-order valence-electron chi connectivity index (χ3n) is 3.89. The molecule has 0 fully saturated rings. The maximum atomic E-state index is 2.33. The highest BCUT2D eigenvalue weighted by atomic mass is 79.9. The van der Waals surface area contributed by atoms with E-state index in [1.54, 1.807) is 0 Å². The normalized spacial score (nSPS) is 10.7. The molecule has 0 aliphatic carbocycles. The van der Waals surface area contributed by atoms with E-state index in [9.17, 15) is 0 Å². The van der Waals surface area contributed by atoms with Crippen LogP contribution in [0.1, 0.15) is 111 Å². The fraction of sp³-hybridized carbons (Fsp3) is 1.00. The molecule has 0 unspecified atom stereocenters. The van der Waals surface area contributed by atoms with E-state index in [4.69, 9.17) is 0 Å². The first-order valence-electron chi connectivity index (χ1n) is 8.77. The van der Waals surface area contributed by atoms with Crippen LogP contribution in [0.25, 0.3) is 0 Å². The van der Waals surface area contributed by atoms with Crippen LogP contribution >= 0.6 is 17.0 Å². The van der Waals surface area contributed by atoms with Gasteiger partial charge >= 0.3 is 0 Å². The molecule has 0 aromatic rings. The second kappa shape index (κ2) is 18.5. The molecule has 0 atom stereocenters. The van der Waals surface area contributed by atoms with Gasteiger partial charge in [0.05, 0.1) is 0 Å². The zero-order chi connectivity index (χ0) is 13.5. The average Bonchev–Trinajstić information content (AvgIpc) is 2.34. The van der Waals surface area contributed by atoms with Gasteiger partial charge in [-0.05, 0) is 5.92 Å². The van der Waals surface area contributed by atoms with E-state index >= 15 is 0 Å². The summed E-state index contributed by atoms with van der Waals surface area (Å²) in [7, 11) is 0. The van der Waals surface area contributed by atoms with Crippen LogP contribution in [0, 0.1) is 5.92 Å². The zero-order valence-corrected chi connectivity index (χ0v) is 15.6. The molecule has 0 amide bonds. The van der Waals surface area contributed by atoms with Crippen LogP contribution in [-0.2, 0) is 0 Å². The van der Waals surface area contributed by atoms with Crippen LogP contribution in [0.2, 0.25) is 0 Å². The van der Waals surface area contributed by atoms with Gasteiger partial charge in [0.1, 0.15) is 0 Å². The van der Waals surface area contributed by atoms with Crippen LogP contribution in [0.15, 0.2) is 0 Å². The number of hydrogen-bond acceptors (Lipinski definition) is 0. The maximum absolute atomic E-state index is 2.33. The summed E-state index contributed by atoms with van der Waals surface area (Å²) in [4.78, 5) is 0. The van der Waals surface area contributed by atoms with Crippen molar-refractivity contribution in [3.63, 3.8) is 0 Å². The van der Waals surface area contributed by atoms with Crippen molar-refractivity contribution in [1.29, 1.82) is 0 Å². The Labute approximate surface area is 133 Å². The summed E-state index contributed by atoms with van der Waals surface area (Å²) >= 11 is 0. The van der Waals surface area contributed by atoms with Gasteiger partial charge in [0.15, 0.2) is 0 Å². The zero-order valence-electron chi connectivity index (χ0n) is 13.9. The Morgan fingerprint density at radius 2 is 0.842 bits per heavy atom. The number of halogens is 1. The molecule has 0 bridgehead atoms. The first-order chi connectivity index (χ1) is 8.77. The highest BCUT2D eigenvalue weighted by Crippen LogP contribution is 2.14. The van der Waals surface area contributed by atoms with Crippen LogP contribution in [0.5, 0.6) is 0 Å². The molecule has 0 saturated heterocycles. The Balaban J connectivity index is 0. The average molecular weight is 335 g/mol. The lowest BCUT2D eigenvalue weighted by atomic mass is 10.0. The topological polar surface area (TPSA) is 0 Å². The van der Waals surface area contributed by atoms with Gasteiger partial charge in [-0.25, -0.2) is 0 Å². The van der Waals surface area contributed by atoms with Crippen molar-refractivity contribution < 1.29 is 0 Å². The molecule has 0 aliphatic heterocycles. The van der Waals surface area contributed by atoms with E-state index in [-0.39, 0.29) is 17.0 Å². The number of rotatable bonds is 14. The molecule has 0 nitrogen and oxygen atoms in total. The molecular weight excluding hydrogens is 296 g/mol. The van der Waals surface area contributed by atoms with Gasteiger partial charge in [0.25, 0.3) is 0 Å². The SMILES string of the molecule is Br.CCCCCCCCCCCCCCCC(C)C. The van der Waals surface area contributed by atoms with Crippen molar-refractivity contribution in [2.75, 3.05) is 0 Å². The molecule has 0 rings (SSSR count). The van der Waals surface area contributed by atoms with E-state index in [1.165, 1.54) is 89.9 Å². The Morgan fingerprint density at radius 1 is 0.526 bits per heavy atom. The molecule has 1 heteroatoms. The molecule has 0 saturated carbocycles. The van der Waals surface area contributed by atoms with Gasteiger partial charge in [-0.15, -0.1) is 17.0 Å². The van der Waals surface area contributed by atoms with Gasteiger partial charge in [-0.2, -0.15) is 0 Å². The lowest BCUT2D eigenvalue weighted by Crippen LogP contribution is -1.87. The van der Waals surface area contributed by atoms with Gasteiger partial charge in [-0.3, -0.25) is 0 Å². The van der Waals surface area contributed by atoms with Gasteiger partial charge < -0.3 is 0 Å². The van der Waals surface area contributed by atoms with Crippen molar-refractivity contribution in [2.24, 2.45) is 5.92 Å². The van der Waals surface area contributed by atoms with Crippen LogP contribution in [0.3, 0.4) is 0 Å². The van der Waals surface area contributed by atoms with E-state index in [0.29, 0.717) is 0 Å². The summed E-state index contributed by atoms with van der Waals surface area (Å²) in [6, 6.07) is 0. The number of hydrogen-bond donors (Lipinski definition) is 0. The monoisotopic (exact) mass is 334 g/mol. The fourth-order valence-electron chi connectivity index (χ4n) is 2.57. The van der Waals surface area contributed by atoms with E-state index in [0.717, 1.165) is 5.92 Å². The van der Waals surface area contributed by atoms with E-state index < -0.39 is 0 Å². The molecular formula is C18H39Br. The second-order valence-corrected chi connectivity index (χ2v) is 6.43. The van der Waals surface area contributed by atoms with Crippen LogP contribution in [-0.4, -0.2) is 0 Å². The smallest absolute Gasteiger partial charge is 0.0471 e. The molecule has 0 spiro atoms.